The Morgan fingerprint density at radius 2 is 1.74 bits per heavy atom. The monoisotopic (exact) mass is 378 g/mol. The van der Waals surface area contributed by atoms with Crippen molar-refractivity contribution in [1.82, 2.24) is 14.9 Å². The topological polar surface area (TPSA) is 32.3 Å². The molecular formula is C22H26N4S. The molecule has 5 heteroatoms. The maximum absolute atomic E-state index is 4.82. The van der Waals surface area contributed by atoms with E-state index in [-0.39, 0.29) is 0 Å². The van der Waals surface area contributed by atoms with E-state index in [1.807, 2.05) is 6.92 Å². The van der Waals surface area contributed by atoms with E-state index in [1.165, 1.54) is 21.4 Å². The number of aryl methyl sites for hydroxylation is 3. The molecule has 0 amide bonds. The average molecular weight is 379 g/mol. The maximum Gasteiger partial charge on any atom is 0.141 e. The van der Waals surface area contributed by atoms with Gasteiger partial charge in [0.05, 0.1) is 5.39 Å². The first-order valence-electron chi connectivity index (χ1n) is 9.55. The Hall–Kier alpha value is -2.24. The zero-order chi connectivity index (χ0) is 18.8. The SMILES string of the molecule is Cc1nc(N2CCN(CC=Cc3ccccc3)CC2)c2c(C)c(C)sc2n1. The van der Waals surface area contributed by atoms with E-state index in [0.29, 0.717) is 0 Å². The Morgan fingerprint density at radius 3 is 2.48 bits per heavy atom. The number of thiophene rings is 1. The third-order valence-electron chi connectivity index (χ3n) is 5.27. The molecule has 1 aliphatic rings. The van der Waals surface area contributed by atoms with Crippen LogP contribution in [0.5, 0.6) is 0 Å². The first-order chi connectivity index (χ1) is 13.1. The van der Waals surface area contributed by atoms with E-state index < -0.39 is 0 Å². The number of hydrogen-bond donors (Lipinski definition) is 0. The van der Waals surface area contributed by atoms with Gasteiger partial charge in [-0.15, -0.1) is 11.3 Å². The van der Waals surface area contributed by atoms with Crippen molar-refractivity contribution in [3.05, 3.63) is 58.2 Å². The third-order valence-corrected chi connectivity index (χ3v) is 6.37. The lowest BCUT2D eigenvalue weighted by Gasteiger charge is -2.35. The van der Waals surface area contributed by atoms with Gasteiger partial charge in [0.15, 0.2) is 0 Å². The summed E-state index contributed by atoms with van der Waals surface area (Å²) in [6.45, 7) is 11.5. The number of nitrogens with zero attached hydrogens (tertiary/aromatic N) is 4. The van der Waals surface area contributed by atoms with Crippen molar-refractivity contribution in [1.29, 1.82) is 0 Å². The zero-order valence-electron chi connectivity index (χ0n) is 16.3. The van der Waals surface area contributed by atoms with Crippen LogP contribution >= 0.6 is 11.3 Å². The minimum absolute atomic E-state index is 0.868. The van der Waals surface area contributed by atoms with E-state index in [4.69, 9.17) is 4.98 Å². The van der Waals surface area contributed by atoms with Gasteiger partial charge >= 0.3 is 0 Å². The van der Waals surface area contributed by atoms with Crippen molar-refractivity contribution in [3.63, 3.8) is 0 Å². The number of anilines is 1. The molecule has 4 nitrogen and oxygen atoms in total. The highest BCUT2D eigenvalue weighted by molar-refractivity contribution is 7.18. The Labute approximate surface area is 165 Å². The fourth-order valence-corrected chi connectivity index (χ4v) is 4.67. The summed E-state index contributed by atoms with van der Waals surface area (Å²) in [5.74, 6) is 1.99. The molecule has 0 bridgehead atoms. The molecule has 0 unspecified atom stereocenters. The highest BCUT2D eigenvalue weighted by Crippen LogP contribution is 2.35. The van der Waals surface area contributed by atoms with Gasteiger partial charge in [-0.1, -0.05) is 42.5 Å². The van der Waals surface area contributed by atoms with Crippen molar-refractivity contribution in [3.8, 4) is 0 Å². The lowest BCUT2D eigenvalue weighted by molar-refractivity contribution is 0.284. The van der Waals surface area contributed by atoms with Gasteiger partial charge < -0.3 is 4.90 Å². The van der Waals surface area contributed by atoms with Crippen LogP contribution in [0.25, 0.3) is 16.3 Å². The minimum Gasteiger partial charge on any atom is -0.353 e. The standard InChI is InChI=1S/C22H26N4S/c1-16-17(2)27-22-20(16)21(23-18(3)24-22)26-14-12-25(13-15-26)11-7-10-19-8-5-4-6-9-19/h4-10H,11-15H2,1-3H3. The molecule has 0 spiro atoms. The van der Waals surface area contributed by atoms with Crippen molar-refractivity contribution < 1.29 is 0 Å². The summed E-state index contributed by atoms with van der Waals surface area (Å²) in [5, 5.41) is 1.25. The first-order valence-corrected chi connectivity index (χ1v) is 10.4. The minimum atomic E-state index is 0.868. The molecule has 4 rings (SSSR count). The number of hydrogen-bond acceptors (Lipinski definition) is 5. The van der Waals surface area contributed by atoms with Crippen LogP contribution in [0.3, 0.4) is 0 Å². The van der Waals surface area contributed by atoms with Crippen LogP contribution in [-0.4, -0.2) is 47.6 Å². The predicted octanol–water partition coefficient (Wildman–Crippen LogP) is 4.45. The summed E-state index contributed by atoms with van der Waals surface area (Å²) in [6.07, 6.45) is 4.48. The van der Waals surface area contributed by atoms with Crippen molar-refractivity contribution >= 4 is 33.4 Å². The molecule has 3 aromatic rings. The third kappa shape index (κ3) is 3.89. The number of benzene rings is 1. The maximum atomic E-state index is 4.82. The van der Waals surface area contributed by atoms with E-state index in [0.717, 1.165) is 49.2 Å². The smallest absolute Gasteiger partial charge is 0.141 e. The number of fused-ring (bicyclic) bond motifs is 1. The summed E-state index contributed by atoms with van der Waals surface area (Å²) in [5.41, 5.74) is 2.59. The second-order valence-electron chi connectivity index (χ2n) is 7.16. The molecule has 140 valence electrons. The van der Waals surface area contributed by atoms with Crippen LogP contribution in [0.4, 0.5) is 5.82 Å². The van der Waals surface area contributed by atoms with Gasteiger partial charge in [0, 0.05) is 37.6 Å². The summed E-state index contributed by atoms with van der Waals surface area (Å²) in [7, 11) is 0. The second-order valence-corrected chi connectivity index (χ2v) is 8.36. The molecule has 1 aliphatic heterocycles. The predicted molar refractivity (Wildman–Crippen MR) is 116 cm³/mol. The quantitative estimate of drug-likeness (QED) is 0.671. The van der Waals surface area contributed by atoms with Crippen LogP contribution in [-0.2, 0) is 0 Å². The lowest BCUT2D eigenvalue weighted by atomic mass is 10.2. The fourth-order valence-electron chi connectivity index (χ4n) is 3.61. The van der Waals surface area contributed by atoms with Crippen LogP contribution in [0, 0.1) is 20.8 Å². The van der Waals surface area contributed by atoms with Crippen molar-refractivity contribution in [2.45, 2.75) is 20.8 Å². The molecular weight excluding hydrogens is 352 g/mol. The van der Waals surface area contributed by atoms with E-state index >= 15 is 0 Å². The van der Waals surface area contributed by atoms with E-state index in [2.05, 4.69) is 71.1 Å². The summed E-state index contributed by atoms with van der Waals surface area (Å²) in [6, 6.07) is 10.5. The van der Waals surface area contributed by atoms with E-state index in [1.54, 1.807) is 11.3 Å². The Morgan fingerprint density at radius 1 is 1.00 bits per heavy atom. The highest BCUT2D eigenvalue weighted by Gasteiger charge is 2.22. The van der Waals surface area contributed by atoms with Crippen LogP contribution in [0.1, 0.15) is 21.8 Å². The van der Waals surface area contributed by atoms with Gasteiger partial charge in [-0.2, -0.15) is 0 Å². The molecule has 0 radical (unpaired) electrons. The van der Waals surface area contributed by atoms with Gasteiger partial charge in [-0.05, 0) is 31.9 Å². The van der Waals surface area contributed by atoms with Gasteiger partial charge in [-0.3, -0.25) is 4.90 Å². The van der Waals surface area contributed by atoms with Gasteiger partial charge in [-0.25, -0.2) is 9.97 Å². The molecule has 2 aromatic heterocycles. The van der Waals surface area contributed by atoms with Gasteiger partial charge in [0.2, 0.25) is 0 Å². The van der Waals surface area contributed by atoms with E-state index in [9.17, 15) is 0 Å². The fraction of sp³-hybridized carbons (Fsp3) is 0.364. The average Bonchev–Trinajstić information content (AvgIpc) is 2.96. The highest BCUT2D eigenvalue weighted by atomic mass is 32.1. The molecule has 1 saturated heterocycles. The summed E-state index contributed by atoms with van der Waals surface area (Å²) >= 11 is 1.78. The summed E-state index contributed by atoms with van der Waals surface area (Å²) < 4.78 is 0. The van der Waals surface area contributed by atoms with Gasteiger partial charge in [0.25, 0.3) is 0 Å². The zero-order valence-corrected chi connectivity index (χ0v) is 17.1. The van der Waals surface area contributed by atoms with Crippen LogP contribution in [0.15, 0.2) is 36.4 Å². The molecule has 0 N–H and O–H groups in total. The van der Waals surface area contributed by atoms with Crippen molar-refractivity contribution in [2.75, 3.05) is 37.6 Å². The largest absolute Gasteiger partial charge is 0.353 e. The van der Waals surface area contributed by atoms with Crippen LogP contribution < -0.4 is 4.90 Å². The molecule has 3 heterocycles. The summed E-state index contributed by atoms with van der Waals surface area (Å²) in [4.78, 5) is 16.9. The number of rotatable bonds is 4. The molecule has 0 aliphatic carbocycles. The Bertz CT molecular complexity index is 953. The lowest BCUT2D eigenvalue weighted by Crippen LogP contribution is -2.46. The molecule has 0 saturated carbocycles. The Balaban J connectivity index is 1.44. The number of aromatic nitrogens is 2. The molecule has 1 fully saturated rings. The number of piperazine rings is 1. The second kappa shape index (κ2) is 7.79. The van der Waals surface area contributed by atoms with Gasteiger partial charge in [0.1, 0.15) is 16.5 Å². The van der Waals surface area contributed by atoms with Crippen molar-refractivity contribution in [2.24, 2.45) is 0 Å². The normalized spacial score (nSPS) is 15.9. The molecule has 27 heavy (non-hydrogen) atoms. The Kier molecular flexibility index (Phi) is 5.23. The van der Waals surface area contributed by atoms with Crippen LogP contribution in [0.2, 0.25) is 0 Å². The molecule has 0 atom stereocenters. The first kappa shape index (κ1) is 18.1. The molecule has 1 aromatic carbocycles.